The summed E-state index contributed by atoms with van der Waals surface area (Å²) in [5, 5.41) is 3.45. The van der Waals surface area contributed by atoms with Gasteiger partial charge in [0.05, 0.1) is 17.0 Å². The summed E-state index contributed by atoms with van der Waals surface area (Å²) >= 11 is 6.16. The van der Waals surface area contributed by atoms with Gasteiger partial charge in [0.2, 0.25) is 10.0 Å². The van der Waals surface area contributed by atoms with Crippen molar-refractivity contribution in [2.24, 2.45) is 0 Å². The molecule has 1 saturated heterocycles. The fraction of sp³-hybridized carbons (Fsp3) is 0.350. The van der Waals surface area contributed by atoms with Gasteiger partial charge in [-0.05, 0) is 55.7 Å². The maximum Gasteiger partial charge on any atom is 0.251 e. The summed E-state index contributed by atoms with van der Waals surface area (Å²) in [4.78, 5) is 12.6. The molecule has 1 amide bonds. The first kappa shape index (κ1) is 20.8. The predicted molar refractivity (Wildman–Crippen MR) is 108 cm³/mol. The van der Waals surface area contributed by atoms with Crippen LogP contribution in [0.3, 0.4) is 0 Å². The Bertz CT molecular complexity index is 925. The Balaban J connectivity index is 1.62. The normalized spacial score (nSPS) is 18.0. The number of nitrogens with one attached hydrogen (secondary N) is 2. The van der Waals surface area contributed by atoms with Crippen LogP contribution >= 0.6 is 11.6 Å². The summed E-state index contributed by atoms with van der Waals surface area (Å²) in [5.41, 5.74) is 1.19. The maximum atomic E-state index is 12.5. The molecule has 28 heavy (non-hydrogen) atoms. The zero-order chi connectivity index (χ0) is 20.1. The molecule has 2 N–H and O–H groups in total. The zero-order valence-electron chi connectivity index (χ0n) is 15.5. The molecule has 0 radical (unpaired) electrons. The van der Waals surface area contributed by atoms with Crippen LogP contribution in [-0.2, 0) is 14.8 Å². The molecule has 1 fully saturated rings. The van der Waals surface area contributed by atoms with Crippen molar-refractivity contribution < 1.29 is 17.9 Å². The number of halogens is 1. The van der Waals surface area contributed by atoms with E-state index in [9.17, 15) is 13.2 Å². The molecule has 3 rings (SSSR count). The van der Waals surface area contributed by atoms with Crippen LogP contribution in [0.25, 0.3) is 0 Å². The van der Waals surface area contributed by atoms with E-state index >= 15 is 0 Å². The number of rotatable bonds is 7. The van der Waals surface area contributed by atoms with Gasteiger partial charge in [-0.25, -0.2) is 13.1 Å². The van der Waals surface area contributed by atoms with Crippen molar-refractivity contribution in [1.29, 1.82) is 0 Å². The Morgan fingerprint density at radius 3 is 2.57 bits per heavy atom. The molecule has 150 valence electrons. The maximum absolute atomic E-state index is 12.5. The van der Waals surface area contributed by atoms with Crippen LogP contribution in [0, 0.1) is 0 Å². The lowest BCUT2D eigenvalue weighted by Crippen LogP contribution is -2.32. The number of hydrogen-bond acceptors (Lipinski definition) is 4. The first-order valence-corrected chi connectivity index (χ1v) is 11.0. The van der Waals surface area contributed by atoms with Gasteiger partial charge in [-0.1, -0.05) is 29.8 Å². The molecule has 0 aromatic heterocycles. The number of sulfonamides is 1. The van der Waals surface area contributed by atoms with Crippen LogP contribution < -0.4 is 10.0 Å². The van der Waals surface area contributed by atoms with E-state index < -0.39 is 10.0 Å². The summed E-state index contributed by atoms with van der Waals surface area (Å²) in [5.74, 6) is -0.302. The number of amides is 1. The van der Waals surface area contributed by atoms with Crippen molar-refractivity contribution in [3.8, 4) is 0 Å². The molecule has 2 aromatic rings. The van der Waals surface area contributed by atoms with Gasteiger partial charge in [0.1, 0.15) is 0 Å². The second kappa shape index (κ2) is 9.05. The SMILES string of the molecule is C[C@H](NC(=O)c1ccc(S(=O)(=O)NC[C@@H]2CCCO2)cc1)c1ccccc1Cl. The van der Waals surface area contributed by atoms with Gasteiger partial charge >= 0.3 is 0 Å². The Morgan fingerprint density at radius 2 is 1.93 bits per heavy atom. The Kier molecular flexibility index (Phi) is 6.72. The van der Waals surface area contributed by atoms with E-state index in [0.717, 1.165) is 18.4 Å². The lowest BCUT2D eigenvalue weighted by atomic mass is 10.1. The molecule has 0 spiro atoms. The molecule has 1 aliphatic heterocycles. The standard InChI is InChI=1S/C20H23ClN2O4S/c1-14(18-6-2-3-7-19(18)21)23-20(24)15-8-10-17(11-9-15)28(25,26)22-13-16-5-4-12-27-16/h2-3,6-11,14,16,22H,4-5,12-13H2,1H3,(H,23,24)/t14-,16-/m0/s1. The van der Waals surface area contributed by atoms with Gasteiger partial charge in [0.15, 0.2) is 0 Å². The third kappa shape index (κ3) is 5.11. The lowest BCUT2D eigenvalue weighted by molar-refractivity contribution is 0.0940. The molecule has 0 saturated carbocycles. The highest BCUT2D eigenvalue weighted by atomic mass is 35.5. The minimum atomic E-state index is -3.64. The number of ether oxygens (including phenoxy) is 1. The second-order valence-corrected chi connectivity index (χ2v) is 8.90. The molecule has 2 atom stereocenters. The van der Waals surface area contributed by atoms with Gasteiger partial charge in [-0.3, -0.25) is 4.79 Å². The first-order chi connectivity index (χ1) is 13.4. The molecular formula is C20H23ClN2O4S. The average molecular weight is 423 g/mol. The molecule has 0 bridgehead atoms. The van der Waals surface area contributed by atoms with Gasteiger partial charge in [-0.2, -0.15) is 0 Å². The van der Waals surface area contributed by atoms with E-state index in [4.69, 9.17) is 16.3 Å². The first-order valence-electron chi connectivity index (χ1n) is 9.13. The van der Waals surface area contributed by atoms with Crippen molar-refractivity contribution in [2.75, 3.05) is 13.2 Å². The van der Waals surface area contributed by atoms with E-state index in [2.05, 4.69) is 10.0 Å². The summed E-state index contributed by atoms with van der Waals surface area (Å²) in [6, 6.07) is 12.9. The molecule has 0 aliphatic carbocycles. The molecule has 0 unspecified atom stereocenters. The molecule has 8 heteroatoms. The van der Waals surface area contributed by atoms with Crippen LogP contribution in [0.15, 0.2) is 53.4 Å². The second-order valence-electron chi connectivity index (χ2n) is 6.73. The number of carbonyl (C=O) groups excluding carboxylic acids is 1. The van der Waals surface area contributed by atoms with Gasteiger partial charge in [0, 0.05) is 23.7 Å². The largest absolute Gasteiger partial charge is 0.377 e. The topological polar surface area (TPSA) is 84.5 Å². The van der Waals surface area contributed by atoms with E-state index in [1.165, 1.54) is 24.3 Å². The van der Waals surface area contributed by atoms with Gasteiger partial charge in [-0.15, -0.1) is 0 Å². The number of carbonyl (C=O) groups is 1. The third-order valence-electron chi connectivity index (χ3n) is 4.67. The summed E-state index contributed by atoms with van der Waals surface area (Å²) < 4.78 is 32.8. The van der Waals surface area contributed by atoms with Gasteiger partial charge in [0.25, 0.3) is 5.91 Å². The van der Waals surface area contributed by atoms with Crippen molar-refractivity contribution in [2.45, 2.75) is 36.8 Å². The smallest absolute Gasteiger partial charge is 0.251 e. The summed E-state index contributed by atoms with van der Waals surface area (Å²) in [6.45, 7) is 2.76. The van der Waals surface area contributed by atoms with E-state index in [1.807, 2.05) is 25.1 Å². The highest BCUT2D eigenvalue weighted by Crippen LogP contribution is 2.22. The van der Waals surface area contributed by atoms with Crippen molar-refractivity contribution in [3.63, 3.8) is 0 Å². The van der Waals surface area contributed by atoms with Crippen molar-refractivity contribution in [1.82, 2.24) is 10.0 Å². The fourth-order valence-corrected chi connectivity index (χ4v) is 4.43. The van der Waals surface area contributed by atoms with Crippen molar-refractivity contribution in [3.05, 3.63) is 64.7 Å². The van der Waals surface area contributed by atoms with Crippen LogP contribution in [0.1, 0.15) is 41.7 Å². The number of hydrogen-bond donors (Lipinski definition) is 2. The average Bonchev–Trinajstić information content (AvgIpc) is 3.20. The Morgan fingerprint density at radius 1 is 1.21 bits per heavy atom. The highest BCUT2D eigenvalue weighted by Gasteiger charge is 2.21. The monoisotopic (exact) mass is 422 g/mol. The van der Waals surface area contributed by atoms with Crippen LogP contribution in [0.4, 0.5) is 0 Å². The molecule has 1 heterocycles. The molecule has 1 aliphatic rings. The Hall–Kier alpha value is -1.93. The van der Waals surface area contributed by atoms with Crippen LogP contribution in [-0.4, -0.2) is 33.6 Å². The van der Waals surface area contributed by atoms with Crippen molar-refractivity contribution >= 4 is 27.5 Å². The van der Waals surface area contributed by atoms with E-state index in [0.29, 0.717) is 17.2 Å². The third-order valence-corrected chi connectivity index (χ3v) is 6.45. The quantitative estimate of drug-likeness (QED) is 0.717. The fourth-order valence-electron chi connectivity index (χ4n) is 3.06. The predicted octanol–water partition coefficient (Wildman–Crippen LogP) is 3.29. The van der Waals surface area contributed by atoms with E-state index in [-0.39, 0.29) is 29.5 Å². The highest BCUT2D eigenvalue weighted by molar-refractivity contribution is 7.89. The summed E-state index contributed by atoms with van der Waals surface area (Å²) in [7, 11) is -3.64. The Labute approximate surface area is 170 Å². The molecular weight excluding hydrogens is 400 g/mol. The minimum Gasteiger partial charge on any atom is -0.377 e. The minimum absolute atomic E-state index is 0.0777. The van der Waals surface area contributed by atoms with E-state index in [1.54, 1.807) is 6.07 Å². The molecule has 2 aromatic carbocycles. The van der Waals surface area contributed by atoms with Crippen LogP contribution in [0.5, 0.6) is 0 Å². The van der Waals surface area contributed by atoms with Gasteiger partial charge < -0.3 is 10.1 Å². The summed E-state index contributed by atoms with van der Waals surface area (Å²) in [6.07, 6.45) is 1.72. The number of benzene rings is 2. The zero-order valence-corrected chi connectivity index (χ0v) is 17.1. The lowest BCUT2D eigenvalue weighted by Gasteiger charge is -2.16. The molecule has 6 nitrogen and oxygen atoms in total. The van der Waals surface area contributed by atoms with Crippen LogP contribution in [0.2, 0.25) is 5.02 Å².